The van der Waals surface area contributed by atoms with Crippen molar-refractivity contribution in [3.63, 3.8) is 0 Å². The largest absolute Gasteiger partial charge is 0.393 e. The third-order valence-electron chi connectivity index (χ3n) is 2.25. The summed E-state index contributed by atoms with van der Waals surface area (Å²) in [5.41, 5.74) is 0. The van der Waals surface area contributed by atoms with Crippen LogP contribution in [0.4, 0.5) is 0 Å². The number of hydrogen-bond acceptors (Lipinski definition) is 3. The monoisotopic (exact) mass is 199 g/mol. The van der Waals surface area contributed by atoms with Crippen LogP contribution in [-0.4, -0.2) is 47.5 Å². The van der Waals surface area contributed by atoms with Crippen LogP contribution in [-0.2, 0) is 4.79 Å². The molecule has 2 unspecified atom stereocenters. The predicted molar refractivity (Wildman–Crippen MR) is 53.2 cm³/mol. The van der Waals surface area contributed by atoms with Gasteiger partial charge in [0.2, 0.25) is 5.91 Å². The van der Waals surface area contributed by atoms with Crippen molar-refractivity contribution >= 4 is 12.2 Å². The Hall–Kier alpha value is -1.10. The summed E-state index contributed by atoms with van der Waals surface area (Å²) in [6.07, 6.45) is 1.73. The third kappa shape index (κ3) is 3.33. The first-order chi connectivity index (χ1) is 6.61. The summed E-state index contributed by atoms with van der Waals surface area (Å²) in [4.78, 5) is 13.1. The van der Waals surface area contributed by atoms with Gasteiger partial charge in [-0.3, -0.25) is 10.2 Å². The van der Waals surface area contributed by atoms with E-state index in [1.54, 1.807) is 6.92 Å². The summed E-state index contributed by atoms with van der Waals surface area (Å²) in [6, 6.07) is 0.128. The van der Waals surface area contributed by atoms with Crippen LogP contribution in [0.2, 0.25) is 0 Å². The Kier molecular flexibility index (Phi) is 3.88. The quantitative estimate of drug-likeness (QED) is 0.424. The molecule has 0 aromatic rings. The Balaban J connectivity index is 2.25. The Morgan fingerprint density at radius 1 is 1.86 bits per heavy atom. The van der Waals surface area contributed by atoms with Gasteiger partial charge in [-0.1, -0.05) is 0 Å². The molecule has 0 spiro atoms. The molecule has 1 rings (SSSR count). The molecule has 14 heavy (non-hydrogen) atoms. The van der Waals surface area contributed by atoms with Gasteiger partial charge in [-0.2, -0.15) is 0 Å². The Labute approximate surface area is 83.6 Å². The summed E-state index contributed by atoms with van der Waals surface area (Å²) in [6.45, 7) is 3.12. The van der Waals surface area contributed by atoms with Gasteiger partial charge in [-0.25, -0.2) is 0 Å². The third-order valence-corrected chi connectivity index (χ3v) is 2.25. The highest BCUT2D eigenvalue weighted by molar-refractivity contribution is 5.76. The Morgan fingerprint density at radius 2 is 2.57 bits per heavy atom. The minimum absolute atomic E-state index is 0.114. The van der Waals surface area contributed by atoms with Crippen LogP contribution in [0.25, 0.3) is 0 Å². The maximum atomic E-state index is 11.3. The molecule has 0 aromatic heterocycles. The highest BCUT2D eigenvalue weighted by Gasteiger charge is 2.21. The number of aliphatic hydroxyl groups excluding tert-OH is 1. The summed E-state index contributed by atoms with van der Waals surface area (Å²) in [5.74, 6) is -0.114. The van der Waals surface area contributed by atoms with Gasteiger partial charge in [-0.15, -0.1) is 0 Å². The predicted octanol–water partition coefficient (Wildman–Crippen LogP) is -0.445. The normalized spacial score (nSPS) is 23.3. The minimum atomic E-state index is -0.588. The number of hydrogen-bond donors (Lipinski definition) is 3. The van der Waals surface area contributed by atoms with Crippen LogP contribution in [0.5, 0.6) is 0 Å². The van der Waals surface area contributed by atoms with Crippen LogP contribution < -0.4 is 5.32 Å². The average molecular weight is 199 g/mol. The summed E-state index contributed by atoms with van der Waals surface area (Å²) in [5, 5.41) is 18.9. The lowest BCUT2D eigenvalue weighted by Crippen LogP contribution is -2.37. The van der Waals surface area contributed by atoms with E-state index in [1.807, 2.05) is 4.90 Å². The number of carbonyl (C=O) groups is 1. The SMILES string of the molecule is CC(O)CC(=O)NC1CCN(C=N)C1. The van der Waals surface area contributed by atoms with Crippen molar-refractivity contribution < 1.29 is 9.90 Å². The first kappa shape index (κ1) is 11.0. The van der Waals surface area contributed by atoms with Gasteiger partial charge < -0.3 is 15.3 Å². The van der Waals surface area contributed by atoms with E-state index in [1.165, 1.54) is 6.34 Å². The lowest BCUT2D eigenvalue weighted by molar-refractivity contribution is -0.123. The maximum Gasteiger partial charge on any atom is 0.222 e. The van der Waals surface area contributed by atoms with Crippen LogP contribution >= 0.6 is 0 Å². The molecule has 0 aliphatic carbocycles. The summed E-state index contributed by atoms with van der Waals surface area (Å²) in [7, 11) is 0. The van der Waals surface area contributed by atoms with Crippen LogP contribution in [0.15, 0.2) is 0 Å². The fraction of sp³-hybridized carbons (Fsp3) is 0.778. The average Bonchev–Trinajstić information content (AvgIpc) is 2.50. The van der Waals surface area contributed by atoms with Crippen LogP contribution in [0.1, 0.15) is 19.8 Å². The highest BCUT2D eigenvalue weighted by Crippen LogP contribution is 2.06. The molecule has 1 heterocycles. The molecule has 5 nitrogen and oxygen atoms in total. The van der Waals surface area contributed by atoms with Gasteiger partial charge in [0.1, 0.15) is 0 Å². The summed E-state index contributed by atoms with van der Waals surface area (Å²) < 4.78 is 0. The fourth-order valence-corrected chi connectivity index (χ4v) is 1.58. The van der Waals surface area contributed by atoms with Gasteiger partial charge >= 0.3 is 0 Å². The second-order valence-corrected chi connectivity index (χ2v) is 3.73. The zero-order valence-corrected chi connectivity index (χ0v) is 8.36. The van der Waals surface area contributed by atoms with E-state index in [9.17, 15) is 4.79 Å². The number of rotatable bonds is 4. The number of amides is 1. The van der Waals surface area contributed by atoms with Crippen molar-refractivity contribution in [3.05, 3.63) is 0 Å². The van der Waals surface area contributed by atoms with Crippen molar-refractivity contribution in [1.82, 2.24) is 10.2 Å². The Bertz CT molecular complexity index is 218. The van der Waals surface area contributed by atoms with Gasteiger partial charge in [0.15, 0.2) is 0 Å². The van der Waals surface area contributed by atoms with E-state index in [0.717, 1.165) is 13.0 Å². The second kappa shape index (κ2) is 4.95. The zero-order chi connectivity index (χ0) is 10.6. The topological polar surface area (TPSA) is 76.4 Å². The van der Waals surface area contributed by atoms with Crippen molar-refractivity contribution in [3.8, 4) is 0 Å². The van der Waals surface area contributed by atoms with E-state index < -0.39 is 6.10 Å². The van der Waals surface area contributed by atoms with Crippen molar-refractivity contribution in [2.45, 2.75) is 31.9 Å². The first-order valence-corrected chi connectivity index (χ1v) is 4.84. The molecule has 1 aliphatic heterocycles. The summed E-state index contributed by atoms with van der Waals surface area (Å²) >= 11 is 0. The minimum Gasteiger partial charge on any atom is -0.393 e. The molecule has 2 atom stereocenters. The Morgan fingerprint density at radius 3 is 3.07 bits per heavy atom. The fourth-order valence-electron chi connectivity index (χ4n) is 1.58. The number of carbonyl (C=O) groups excluding carboxylic acids is 1. The lowest BCUT2D eigenvalue weighted by Gasteiger charge is -2.14. The first-order valence-electron chi connectivity index (χ1n) is 4.84. The second-order valence-electron chi connectivity index (χ2n) is 3.73. The number of nitrogens with zero attached hydrogens (tertiary/aromatic N) is 1. The van der Waals surface area contributed by atoms with Crippen molar-refractivity contribution in [2.24, 2.45) is 0 Å². The lowest BCUT2D eigenvalue weighted by atomic mass is 10.2. The molecular formula is C9H17N3O2. The zero-order valence-electron chi connectivity index (χ0n) is 8.36. The molecule has 5 heteroatoms. The van der Waals surface area contributed by atoms with Crippen molar-refractivity contribution in [1.29, 1.82) is 5.41 Å². The standard InChI is InChI=1S/C9H17N3O2/c1-7(13)4-9(14)11-8-2-3-12(5-8)6-10/h6-8,10,13H,2-5H2,1H3,(H,11,14). The van der Waals surface area contributed by atoms with Crippen LogP contribution in [0.3, 0.4) is 0 Å². The maximum absolute atomic E-state index is 11.3. The molecule has 1 fully saturated rings. The highest BCUT2D eigenvalue weighted by atomic mass is 16.3. The molecular weight excluding hydrogens is 182 g/mol. The molecule has 80 valence electrons. The molecule has 1 saturated heterocycles. The number of aliphatic hydroxyl groups is 1. The van der Waals surface area contributed by atoms with E-state index in [-0.39, 0.29) is 18.4 Å². The molecule has 0 bridgehead atoms. The van der Waals surface area contributed by atoms with E-state index in [2.05, 4.69) is 5.32 Å². The number of nitrogens with one attached hydrogen (secondary N) is 2. The van der Waals surface area contributed by atoms with Gasteiger partial charge in [0, 0.05) is 19.1 Å². The van der Waals surface area contributed by atoms with Gasteiger partial charge in [-0.05, 0) is 13.3 Å². The van der Waals surface area contributed by atoms with Crippen LogP contribution in [0, 0.1) is 5.41 Å². The van der Waals surface area contributed by atoms with E-state index in [4.69, 9.17) is 10.5 Å². The van der Waals surface area contributed by atoms with Crippen molar-refractivity contribution in [2.75, 3.05) is 13.1 Å². The number of likely N-dealkylation sites (tertiary alicyclic amines) is 1. The molecule has 1 amide bonds. The molecule has 1 aliphatic rings. The van der Waals surface area contributed by atoms with Gasteiger partial charge in [0.05, 0.1) is 18.9 Å². The molecule has 0 saturated carbocycles. The molecule has 0 aromatic carbocycles. The molecule has 0 radical (unpaired) electrons. The van der Waals surface area contributed by atoms with E-state index in [0.29, 0.717) is 6.54 Å². The van der Waals surface area contributed by atoms with E-state index >= 15 is 0 Å². The van der Waals surface area contributed by atoms with Gasteiger partial charge in [0.25, 0.3) is 0 Å². The smallest absolute Gasteiger partial charge is 0.222 e. The molecule has 3 N–H and O–H groups in total.